The van der Waals surface area contributed by atoms with Crippen LogP contribution in [0.3, 0.4) is 0 Å². The number of rotatable bonds is 3. The van der Waals surface area contributed by atoms with Gasteiger partial charge in [0.2, 0.25) is 0 Å². The largest absolute Gasteiger partial charge is 0.390 e. The van der Waals surface area contributed by atoms with Gasteiger partial charge in [-0.25, -0.2) is 0 Å². The van der Waals surface area contributed by atoms with E-state index in [1.807, 2.05) is 6.07 Å². The summed E-state index contributed by atoms with van der Waals surface area (Å²) in [5.41, 5.74) is 2.41. The first kappa shape index (κ1) is 10.7. The molecule has 15 heavy (non-hydrogen) atoms. The lowest BCUT2D eigenvalue weighted by molar-refractivity contribution is 0.271. The second kappa shape index (κ2) is 4.84. The van der Waals surface area contributed by atoms with Gasteiger partial charge in [-0.05, 0) is 24.5 Å². The van der Waals surface area contributed by atoms with Crippen LogP contribution in [0.1, 0.15) is 43.5 Å². The lowest BCUT2D eigenvalue weighted by Crippen LogP contribution is -2.12. The third-order valence-corrected chi connectivity index (χ3v) is 3.71. The molecule has 1 aliphatic carbocycles. The van der Waals surface area contributed by atoms with Gasteiger partial charge in [-0.15, -0.1) is 0 Å². The first-order valence-electron chi connectivity index (χ1n) is 6.05. The van der Waals surface area contributed by atoms with Crippen molar-refractivity contribution in [3.8, 4) is 0 Å². The molecule has 84 valence electrons. The molecule has 0 saturated heterocycles. The van der Waals surface area contributed by atoms with E-state index >= 15 is 0 Å². The molecule has 0 radical (unpaired) electrons. The normalized spacial score (nSPS) is 18.3. The third kappa shape index (κ3) is 2.43. The summed E-state index contributed by atoms with van der Waals surface area (Å²) in [6, 6.07) is 4.21. The Bertz CT molecular complexity index is 310. The molecule has 1 saturated carbocycles. The van der Waals surface area contributed by atoms with Crippen molar-refractivity contribution < 1.29 is 5.11 Å². The number of nitrogens with zero attached hydrogens (tertiary/aromatic N) is 1. The summed E-state index contributed by atoms with van der Waals surface area (Å²) in [6.45, 7) is 0.154. The fraction of sp³-hybridized carbons (Fsp3) is 0.692. The number of hydrogen-bond donors (Lipinski definition) is 1. The number of hydrogen-bond acceptors (Lipinski definition) is 1. The maximum atomic E-state index is 9.12. The highest BCUT2D eigenvalue weighted by atomic mass is 16.3. The zero-order valence-electron chi connectivity index (χ0n) is 9.58. The summed E-state index contributed by atoms with van der Waals surface area (Å²) in [7, 11) is 2.06. The van der Waals surface area contributed by atoms with Crippen molar-refractivity contribution in [3.63, 3.8) is 0 Å². The van der Waals surface area contributed by atoms with Gasteiger partial charge in [0.1, 0.15) is 0 Å². The maximum absolute atomic E-state index is 9.12. The van der Waals surface area contributed by atoms with E-state index in [4.69, 9.17) is 5.11 Å². The fourth-order valence-electron chi connectivity index (χ4n) is 2.65. The second-order valence-corrected chi connectivity index (χ2v) is 4.74. The topological polar surface area (TPSA) is 25.2 Å². The highest BCUT2D eigenvalue weighted by Gasteiger charge is 2.15. The van der Waals surface area contributed by atoms with Crippen LogP contribution in [0.15, 0.2) is 12.1 Å². The highest BCUT2D eigenvalue weighted by Crippen LogP contribution is 2.27. The molecule has 1 heterocycles. The predicted octanol–water partition coefficient (Wildman–Crippen LogP) is 2.64. The average molecular weight is 207 g/mol. The molecule has 2 nitrogen and oxygen atoms in total. The Kier molecular flexibility index (Phi) is 3.47. The van der Waals surface area contributed by atoms with E-state index in [2.05, 4.69) is 17.7 Å². The molecular formula is C13H21NO. The molecule has 0 aliphatic heterocycles. The molecule has 1 fully saturated rings. The van der Waals surface area contributed by atoms with E-state index < -0.39 is 0 Å². The Hall–Kier alpha value is -0.760. The van der Waals surface area contributed by atoms with Crippen molar-refractivity contribution in [1.29, 1.82) is 0 Å². The van der Waals surface area contributed by atoms with Gasteiger partial charge in [0.15, 0.2) is 0 Å². The van der Waals surface area contributed by atoms with E-state index in [1.165, 1.54) is 44.2 Å². The van der Waals surface area contributed by atoms with Gasteiger partial charge in [-0.2, -0.15) is 0 Å². The molecule has 2 heteroatoms. The summed E-state index contributed by atoms with van der Waals surface area (Å²) in [5.74, 6) is 0.874. The van der Waals surface area contributed by atoms with Crippen molar-refractivity contribution >= 4 is 0 Å². The van der Waals surface area contributed by atoms with Gasteiger partial charge in [0.05, 0.1) is 6.61 Å². The first-order valence-corrected chi connectivity index (χ1v) is 6.05. The van der Waals surface area contributed by atoms with E-state index in [1.54, 1.807) is 0 Å². The zero-order valence-corrected chi connectivity index (χ0v) is 9.58. The van der Waals surface area contributed by atoms with Crippen LogP contribution in [-0.4, -0.2) is 9.67 Å². The fourth-order valence-corrected chi connectivity index (χ4v) is 2.65. The van der Waals surface area contributed by atoms with Crippen LogP contribution in [0.4, 0.5) is 0 Å². The van der Waals surface area contributed by atoms with Crippen LogP contribution in [0.5, 0.6) is 0 Å². The Morgan fingerprint density at radius 1 is 1.20 bits per heavy atom. The summed E-state index contributed by atoms with van der Waals surface area (Å²) < 4.78 is 2.15. The van der Waals surface area contributed by atoms with Gasteiger partial charge in [-0.1, -0.05) is 32.1 Å². The SMILES string of the molecule is Cn1c(CO)ccc1CC1CCCCC1. The minimum atomic E-state index is 0.154. The Morgan fingerprint density at radius 3 is 2.47 bits per heavy atom. The quantitative estimate of drug-likeness (QED) is 0.810. The van der Waals surface area contributed by atoms with Crippen molar-refractivity contribution in [2.45, 2.75) is 45.1 Å². The predicted molar refractivity (Wildman–Crippen MR) is 61.6 cm³/mol. The van der Waals surface area contributed by atoms with Crippen LogP contribution in [0.25, 0.3) is 0 Å². The van der Waals surface area contributed by atoms with Gasteiger partial charge in [0, 0.05) is 18.4 Å². The maximum Gasteiger partial charge on any atom is 0.0832 e. The van der Waals surface area contributed by atoms with E-state index in [9.17, 15) is 0 Å². The van der Waals surface area contributed by atoms with E-state index in [-0.39, 0.29) is 6.61 Å². The number of aliphatic hydroxyl groups excluding tert-OH is 1. The molecule has 2 rings (SSSR count). The van der Waals surface area contributed by atoms with Crippen molar-refractivity contribution in [2.75, 3.05) is 0 Å². The molecule has 0 unspecified atom stereocenters. The minimum Gasteiger partial charge on any atom is -0.390 e. The zero-order chi connectivity index (χ0) is 10.7. The molecule has 0 spiro atoms. The summed E-state index contributed by atoms with van der Waals surface area (Å²) in [6.07, 6.45) is 8.20. The molecule has 1 aliphatic rings. The van der Waals surface area contributed by atoms with Crippen molar-refractivity contribution in [1.82, 2.24) is 4.57 Å². The van der Waals surface area contributed by atoms with Crippen molar-refractivity contribution in [3.05, 3.63) is 23.5 Å². The van der Waals surface area contributed by atoms with Gasteiger partial charge >= 0.3 is 0 Å². The number of aliphatic hydroxyl groups is 1. The standard InChI is InChI=1S/C13H21NO/c1-14-12(7-8-13(14)10-15)9-11-5-3-2-4-6-11/h7-8,11,15H,2-6,9-10H2,1H3. The van der Waals surface area contributed by atoms with E-state index in [0.29, 0.717) is 0 Å². The van der Waals surface area contributed by atoms with E-state index in [0.717, 1.165) is 11.6 Å². The lowest BCUT2D eigenvalue weighted by atomic mass is 9.86. The highest BCUT2D eigenvalue weighted by molar-refractivity contribution is 5.15. The van der Waals surface area contributed by atoms with Crippen LogP contribution in [-0.2, 0) is 20.1 Å². The Balaban J connectivity index is 2.00. The molecule has 0 atom stereocenters. The minimum absolute atomic E-state index is 0.154. The van der Waals surface area contributed by atoms with Crippen LogP contribution < -0.4 is 0 Å². The van der Waals surface area contributed by atoms with Crippen LogP contribution in [0.2, 0.25) is 0 Å². The molecule has 1 aromatic heterocycles. The Morgan fingerprint density at radius 2 is 1.87 bits per heavy atom. The molecule has 1 N–H and O–H groups in total. The van der Waals surface area contributed by atoms with Gasteiger partial charge < -0.3 is 9.67 Å². The average Bonchev–Trinajstić information content (AvgIpc) is 2.62. The monoisotopic (exact) mass is 207 g/mol. The number of aromatic nitrogens is 1. The first-order chi connectivity index (χ1) is 7.31. The van der Waals surface area contributed by atoms with Gasteiger partial charge in [-0.3, -0.25) is 0 Å². The molecule has 1 aromatic rings. The molecule has 0 aromatic carbocycles. The van der Waals surface area contributed by atoms with Gasteiger partial charge in [0.25, 0.3) is 0 Å². The smallest absolute Gasteiger partial charge is 0.0832 e. The summed E-state index contributed by atoms with van der Waals surface area (Å²) >= 11 is 0. The third-order valence-electron chi connectivity index (χ3n) is 3.71. The molecular weight excluding hydrogens is 186 g/mol. The van der Waals surface area contributed by atoms with Crippen LogP contribution in [0, 0.1) is 5.92 Å². The second-order valence-electron chi connectivity index (χ2n) is 4.74. The Labute approximate surface area is 91.9 Å². The van der Waals surface area contributed by atoms with Crippen molar-refractivity contribution in [2.24, 2.45) is 13.0 Å². The van der Waals surface area contributed by atoms with Crippen LogP contribution >= 0.6 is 0 Å². The molecule has 0 bridgehead atoms. The summed E-state index contributed by atoms with van der Waals surface area (Å²) in [5, 5.41) is 9.12. The molecule has 0 amide bonds. The summed E-state index contributed by atoms with van der Waals surface area (Å²) in [4.78, 5) is 0. The lowest BCUT2D eigenvalue weighted by Gasteiger charge is -2.21.